The predicted octanol–water partition coefficient (Wildman–Crippen LogP) is 7.69. The fourth-order valence-corrected chi connectivity index (χ4v) is 4.27. The Morgan fingerprint density at radius 1 is 0.838 bits per heavy atom. The van der Waals surface area contributed by atoms with E-state index in [9.17, 15) is 14.4 Å². The molecule has 0 spiro atoms. The smallest absolute Gasteiger partial charge is 0.374 e. The Morgan fingerprint density at radius 3 is 2.24 bits per heavy atom. The van der Waals surface area contributed by atoms with Crippen LogP contribution < -0.4 is 10.7 Å². The number of esters is 1. The minimum atomic E-state index is -0.687. The molecule has 0 aliphatic heterocycles. The fourth-order valence-electron chi connectivity index (χ4n) is 4.27. The van der Waals surface area contributed by atoms with Crippen molar-refractivity contribution in [3.05, 3.63) is 75.6 Å². The topological polar surface area (TPSA) is 85.6 Å². The summed E-state index contributed by atoms with van der Waals surface area (Å²) >= 11 is 0. The van der Waals surface area contributed by atoms with Gasteiger partial charge in [0.2, 0.25) is 5.76 Å². The Balaban J connectivity index is 1.63. The first-order chi connectivity index (χ1) is 18.0. The Labute approximate surface area is 219 Å². The van der Waals surface area contributed by atoms with Crippen molar-refractivity contribution in [2.24, 2.45) is 0 Å². The van der Waals surface area contributed by atoms with Gasteiger partial charge in [-0.3, -0.25) is 9.59 Å². The number of hydrogen-bond donors (Lipinski definition) is 1. The second-order valence-electron chi connectivity index (χ2n) is 9.52. The zero-order valence-electron chi connectivity index (χ0n) is 22.1. The number of anilines is 1. The molecular formula is C31H39NO5. The lowest BCUT2D eigenvalue weighted by Crippen LogP contribution is -2.14. The standard InChI is InChI=1S/C31H39NO5/c1-3-5-7-8-9-10-11-14-23-17-19-24(20-18-23)30(34)32-26-16-13-15-25-27(33)22-28(37-29(25)26)31(35)36-21-12-6-4-2/h13,15-20,22H,3-12,14,21H2,1-2H3,(H,32,34). The second kappa shape index (κ2) is 15.0. The Bertz CT molecular complexity index is 1210. The Kier molecular flexibility index (Phi) is 11.4. The number of unbranched alkanes of at least 4 members (excludes halogenated alkanes) is 8. The van der Waals surface area contributed by atoms with Crippen LogP contribution in [-0.4, -0.2) is 18.5 Å². The van der Waals surface area contributed by atoms with Crippen LogP contribution in [0.15, 0.2) is 57.7 Å². The molecule has 3 aromatic rings. The summed E-state index contributed by atoms with van der Waals surface area (Å²) in [6.07, 6.45) is 12.6. The molecule has 1 aromatic heterocycles. The number of amides is 1. The van der Waals surface area contributed by atoms with Gasteiger partial charge in [-0.25, -0.2) is 4.79 Å². The molecule has 0 unspecified atom stereocenters. The lowest BCUT2D eigenvalue weighted by molar-refractivity contribution is 0.0462. The van der Waals surface area contributed by atoms with Gasteiger partial charge in [-0.05, 0) is 49.1 Å². The molecule has 2 aromatic carbocycles. The van der Waals surface area contributed by atoms with Crippen LogP contribution >= 0.6 is 0 Å². The molecule has 0 fully saturated rings. The number of aryl methyl sites for hydroxylation is 1. The van der Waals surface area contributed by atoms with Crippen LogP contribution in [0.3, 0.4) is 0 Å². The third kappa shape index (κ3) is 8.59. The van der Waals surface area contributed by atoms with E-state index in [-0.39, 0.29) is 34.7 Å². The molecule has 6 nitrogen and oxygen atoms in total. The predicted molar refractivity (Wildman–Crippen MR) is 148 cm³/mol. The van der Waals surface area contributed by atoms with E-state index in [4.69, 9.17) is 9.15 Å². The van der Waals surface area contributed by atoms with Crippen molar-refractivity contribution in [1.29, 1.82) is 0 Å². The normalized spacial score (nSPS) is 11.0. The third-order valence-electron chi connectivity index (χ3n) is 6.47. The van der Waals surface area contributed by atoms with Gasteiger partial charge in [-0.15, -0.1) is 0 Å². The summed E-state index contributed by atoms with van der Waals surface area (Å²) in [5, 5.41) is 3.11. The molecule has 0 atom stereocenters. The lowest BCUT2D eigenvalue weighted by atomic mass is 10.0. The van der Waals surface area contributed by atoms with Gasteiger partial charge >= 0.3 is 5.97 Å². The van der Waals surface area contributed by atoms with Crippen molar-refractivity contribution in [1.82, 2.24) is 0 Å². The molecular weight excluding hydrogens is 466 g/mol. The largest absolute Gasteiger partial charge is 0.460 e. The maximum Gasteiger partial charge on any atom is 0.374 e. The molecule has 1 heterocycles. The van der Waals surface area contributed by atoms with E-state index < -0.39 is 5.97 Å². The van der Waals surface area contributed by atoms with Gasteiger partial charge in [-0.1, -0.05) is 83.4 Å². The molecule has 0 saturated carbocycles. The number of carbonyl (C=O) groups excluding carboxylic acids is 2. The van der Waals surface area contributed by atoms with Gasteiger partial charge in [0.05, 0.1) is 17.7 Å². The van der Waals surface area contributed by atoms with Crippen LogP contribution in [0.5, 0.6) is 0 Å². The highest BCUT2D eigenvalue weighted by Gasteiger charge is 2.17. The Morgan fingerprint density at radius 2 is 1.51 bits per heavy atom. The fraction of sp³-hybridized carbons (Fsp3) is 0.452. The summed E-state index contributed by atoms with van der Waals surface area (Å²) in [6, 6.07) is 13.7. The van der Waals surface area contributed by atoms with Crippen LogP contribution in [0.4, 0.5) is 5.69 Å². The number of para-hydroxylation sites is 1. The first kappa shape index (κ1) is 28.2. The van der Waals surface area contributed by atoms with E-state index in [2.05, 4.69) is 19.2 Å². The Hall–Kier alpha value is -3.41. The highest BCUT2D eigenvalue weighted by atomic mass is 16.5. The van der Waals surface area contributed by atoms with Crippen molar-refractivity contribution < 1.29 is 18.7 Å². The SMILES string of the molecule is CCCCCCCCCc1ccc(C(=O)Nc2cccc3c(=O)cc(C(=O)OCCCCC)oc23)cc1. The van der Waals surface area contributed by atoms with E-state index in [1.54, 1.807) is 18.2 Å². The number of ether oxygens (including phenoxy) is 1. The molecule has 37 heavy (non-hydrogen) atoms. The number of carbonyl (C=O) groups is 2. The molecule has 0 bridgehead atoms. The number of fused-ring (bicyclic) bond motifs is 1. The van der Waals surface area contributed by atoms with Gasteiger partial charge in [0, 0.05) is 11.6 Å². The molecule has 3 rings (SSSR count). The van der Waals surface area contributed by atoms with Gasteiger partial charge in [0.1, 0.15) is 0 Å². The molecule has 1 amide bonds. The number of rotatable bonds is 15. The number of benzene rings is 2. The zero-order valence-corrected chi connectivity index (χ0v) is 22.1. The average molecular weight is 506 g/mol. The average Bonchev–Trinajstić information content (AvgIpc) is 2.91. The van der Waals surface area contributed by atoms with E-state index in [1.807, 2.05) is 24.3 Å². The van der Waals surface area contributed by atoms with Crippen molar-refractivity contribution in [2.75, 3.05) is 11.9 Å². The van der Waals surface area contributed by atoms with E-state index in [0.29, 0.717) is 11.3 Å². The zero-order chi connectivity index (χ0) is 26.5. The number of nitrogens with one attached hydrogen (secondary N) is 1. The summed E-state index contributed by atoms with van der Waals surface area (Å²) in [5.74, 6) is -1.18. The van der Waals surface area contributed by atoms with Crippen molar-refractivity contribution in [3.8, 4) is 0 Å². The van der Waals surface area contributed by atoms with Crippen LogP contribution in [-0.2, 0) is 11.2 Å². The molecule has 0 saturated heterocycles. The monoisotopic (exact) mass is 505 g/mol. The second-order valence-corrected chi connectivity index (χ2v) is 9.52. The minimum absolute atomic E-state index is 0.152. The highest BCUT2D eigenvalue weighted by Crippen LogP contribution is 2.23. The van der Waals surface area contributed by atoms with Crippen LogP contribution in [0.1, 0.15) is 105 Å². The van der Waals surface area contributed by atoms with E-state index in [0.717, 1.165) is 38.2 Å². The van der Waals surface area contributed by atoms with Gasteiger partial charge < -0.3 is 14.5 Å². The summed E-state index contributed by atoms with van der Waals surface area (Å²) < 4.78 is 11.0. The van der Waals surface area contributed by atoms with Crippen molar-refractivity contribution >= 4 is 28.5 Å². The maximum atomic E-state index is 12.9. The van der Waals surface area contributed by atoms with Gasteiger partial charge in [-0.2, -0.15) is 0 Å². The molecule has 0 aliphatic carbocycles. The first-order valence-electron chi connectivity index (χ1n) is 13.7. The van der Waals surface area contributed by atoms with Crippen molar-refractivity contribution in [2.45, 2.75) is 84.5 Å². The first-order valence-corrected chi connectivity index (χ1v) is 13.7. The molecule has 198 valence electrons. The summed E-state index contributed by atoms with van der Waals surface area (Å²) in [5.41, 5.74) is 1.83. The van der Waals surface area contributed by atoms with E-state index >= 15 is 0 Å². The highest BCUT2D eigenvalue weighted by molar-refractivity contribution is 6.08. The molecule has 0 aliphatic rings. The quantitative estimate of drug-likeness (QED) is 0.169. The minimum Gasteiger partial charge on any atom is -0.460 e. The lowest BCUT2D eigenvalue weighted by Gasteiger charge is -2.10. The van der Waals surface area contributed by atoms with Crippen LogP contribution in [0, 0.1) is 0 Å². The maximum absolute atomic E-state index is 12.9. The van der Waals surface area contributed by atoms with Crippen LogP contribution in [0.25, 0.3) is 11.0 Å². The summed E-state index contributed by atoms with van der Waals surface area (Å²) in [7, 11) is 0. The number of hydrogen-bond acceptors (Lipinski definition) is 5. The summed E-state index contributed by atoms with van der Waals surface area (Å²) in [4.78, 5) is 38.0. The third-order valence-corrected chi connectivity index (χ3v) is 6.47. The summed E-state index contributed by atoms with van der Waals surface area (Å²) in [6.45, 7) is 4.56. The van der Waals surface area contributed by atoms with Gasteiger partial charge in [0.25, 0.3) is 5.91 Å². The van der Waals surface area contributed by atoms with Crippen molar-refractivity contribution in [3.63, 3.8) is 0 Å². The van der Waals surface area contributed by atoms with Crippen LogP contribution in [0.2, 0.25) is 0 Å². The van der Waals surface area contributed by atoms with E-state index in [1.165, 1.54) is 44.1 Å². The van der Waals surface area contributed by atoms with Gasteiger partial charge in [0.15, 0.2) is 11.0 Å². The molecule has 6 heteroatoms. The molecule has 1 N–H and O–H groups in total. The molecule has 0 radical (unpaired) electrons.